The summed E-state index contributed by atoms with van der Waals surface area (Å²) < 4.78 is 0.908. The quantitative estimate of drug-likeness (QED) is 0.776. The van der Waals surface area contributed by atoms with Crippen molar-refractivity contribution in [1.82, 2.24) is 0 Å². The molecule has 0 fully saturated rings. The van der Waals surface area contributed by atoms with Gasteiger partial charge in [0, 0.05) is 16.2 Å². The lowest BCUT2D eigenvalue weighted by Gasteiger charge is -2.16. The van der Waals surface area contributed by atoms with Crippen molar-refractivity contribution < 1.29 is 0 Å². The lowest BCUT2D eigenvalue weighted by Crippen LogP contribution is -2.06. The minimum Gasteiger partial charge on any atom is -0.378 e. The van der Waals surface area contributed by atoms with Crippen molar-refractivity contribution in [3.63, 3.8) is 0 Å². The van der Waals surface area contributed by atoms with Gasteiger partial charge in [0.15, 0.2) is 0 Å². The molecule has 18 heavy (non-hydrogen) atoms. The van der Waals surface area contributed by atoms with Crippen LogP contribution in [0.4, 0.5) is 5.69 Å². The van der Waals surface area contributed by atoms with Gasteiger partial charge < -0.3 is 5.32 Å². The maximum Gasteiger partial charge on any atom is 0.0549 e. The normalized spacial score (nSPS) is 12.2. The van der Waals surface area contributed by atoms with Crippen LogP contribution >= 0.6 is 27.5 Å². The highest BCUT2D eigenvalue weighted by Crippen LogP contribution is 2.27. The molecule has 0 amide bonds. The molecule has 0 saturated carbocycles. The van der Waals surface area contributed by atoms with Gasteiger partial charge >= 0.3 is 0 Å². The van der Waals surface area contributed by atoms with Crippen LogP contribution in [0.1, 0.15) is 24.1 Å². The summed E-state index contributed by atoms with van der Waals surface area (Å²) in [6, 6.07) is 14.7. The molecule has 0 aliphatic carbocycles. The summed E-state index contributed by atoms with van der Waals surface area (Å²) >= 11 is 9.41. The Kier molecular flexibility index (Phi) is 4.31. The van der Waals surface area contributed by atoms with Crippen LogP contribution in [0.3, 0.4) is 0 Å². The molecule has 0 aliphatic heterocycles. The second-order valence-electron chi connectivity index (χ2n) is 4.41. The number of anilines is 1. The van der Waals surface area contributed by atoms with Crippen molar-refractivity contribution in [3.05, 3.63) is 63.1 Å². The zero-order chi connectivity index (χ0) is 13.1. The van der Waals surface area contributed by atoms with Crippen molar-refractivity contribution in [1.29, 1.82) is 0 Å². The highest BCUT2D eigenvalue weighted by atomic mass is 79.9. The average molecular weight is 325 g/mol. The average Bonchev–Trinajstić information content (AvgIpc) is 2.34. The van der Waals surface area contributed by atoms with E-state index in [1.165, 1.54) is 11.1 Å². The number of rotatable bonds is 3. The van der Waals surface area contributed by atoms with Crippen molar-refractivity contribution in [2.45, 2.75) is 19.9 Å². The molecule has 0 spiro atoms. The number of hydrogen-bond donors (Lipinski definition) is 1. The van der Waals surface area contributed by atoms with Gasteiger partial charge in [0.1, 0.15) is 0 Å². The van der Waals surface area contributed by atoms with Crippen LogP contribution in [0, 0.1) is 6.92 Å². The van der Waals surface area contributed by atoms with E-state index in [9.17, 15) is 0 Å². The van der Waals surface area contributed by atoms with E-state index in [0.717, 1.165) is 15.2 Å². The Morgan fingerprint density at radius 3 is 2.39 bits per heavy atom. The number of halogens is 2. The van der Waals surface area contributed by atoms with Crippen molar-refractivity contribution >= 4 is 33.2 Å². The molecular weight excluding hydrogens is 310 g/mol. The van der Waals surface area contributed by atoms with Crippen LogP contribution in [0.5, 0.6) is 0 Å². The van der Waals surface area contributed by atoms with Crippen LogP contribution in [-0.2, 0) is 0 Å². The standard InChI is InChI=1S/C15H15BrClN/c1-10-3-5-12(6-4-10)11(2)18-13-7-8-15(17)14(16)9-13/h3-9,11,18H,1-2H3. The van der Waals surface area contributed by atoms with Gasteiger partial charge in [-0.15, -0.1) is 0 Å². The first-order valence-corrected chi connectivity index (χ1v) is 7.01. The molecule has 0 saturated heterocycles. The molecule has 1 nitrogen and oxygen atoms in total. The number of nitrogens with one attached hydrogen (secondary N) is 1. The second-order valence-corrected chi connectivity index (χ2v) is 5.67. The zero-order valence-corrected chi connectivity index (χ0v) is 12.7. The zero-order valence-electron chi connectivity index (χ0n) is 10.4. The topological polar surface area (TPSA) is 12.0 Å². The summed E-state index contributed by atoms with van der Waals surface area (Å²) in [6.07, 6.45) is 0. The lowest BCUT2D eigenvalue weighted by atomic mass is 10.1. The predicted octanol–water partition coefficient (Wildman–Crippen LogP) is 5.58. The van der Waals surface area contributed by atoms with Crippen LogP contribution < -0.4 is 5.32 Å². The van der Waals surface area contributed by atoms with Crippen LogP contribution in [0.25, 0.3) is 0 Å². The van der Waals surface area contributed by atoms with Gasteiger partial charge in [-0.25, -0.2) is 0 Å². The molecule has 0 aliphatic rings. The minimum absolute atomic E-state index is 0.263. The van der Waals surface area contributed by atoms with Crippen LogP contribution in [-0.4, -0.2) is 0 Å². The first kappa shape index (κ1) is 13.4. The number of benzene rings is 2. The molecule has 0 bridgehead atoms. The van der Waals surface area contributed by atoms with Crippen molar-refractivity contribution in [2.24, 2.45) is 0 Å². The number of hydrogen-bond acceptors (Lipinski definition) is 1. The monoisotopic (exact) mass is 323 g/mol. The molecule has 3 heteroatoms. The van der Waals surface area contributed by atoms with Gasteiger partial charge in [0.2, 0.25) is 0 Å². The highest BCUT2D eigenvalue weighted by molar-refractivity contribution is 9.10. The minimum atomic E-state index is 0.263. The van der Waals surface area contributed by atoms with Gasteiger partial charge in [-0.1, -0.05) is 41.4 Å². The molecule has 0 radical (unpaired) electrons. The molecule has 1 N–H and O–H groups in total. The Balaban J connectivity index is 2.13. The van der Waals surface area contributed by atoms with Gasteiger partial charge in [-0.05, 0) is 53.5 Å². The maximum atomic E-state index is 5.98. The molecule has 0 heterocycles. The summed E-state index contributed by atoms with van der Waals surface area (Å²) in [4.78, 5) is 0. The van der Waals surface area contributed by atoms with Gasteiger partial charge in [-0.2, -0.15) is 0 Å². The SMILES string of the molecule is Cc1ccc(C(C)Nc2ccc(Cl)c(Br)c2)cc1. The smallest absolute Gasteiger partial charge is 0.0549 e. The summed E-state index contributed by atoms with van der Waals surface area (Å²) in [7, 11) is 0. The third-order valence-electron chi connectivity index (χ3n) is 2.88. The van der Waals surface area contributed by atoms with Crippen LogP contribution in [0.2, 0.25) is 5.02 Å². The third kappa shape index (κ3) is 3.27. The van der Waals surface area contributed by atoms with Crippen LogP contribution in [0.15, 0.2) is 46.9 Å². The molecule has 94 valence electrons. The van der Waals surface area contributed by atoms with Gasteiger partial charge in [0.25, 0.3) is 0 Å². The third-order valence-corrected chi connectivity index (χ3v) is 4.09. The van der Waals surface area contributed by atoms with Crippen molar-refractivity contribution in [2.75, 3.05) is 5.32 Å². The van der Waals surface area contributed by atoms with Crippen molar-refractivity contribution in [3.8, 4) is 0 Å². The Labute approximate surface area is 121 Å². The van der Waals surface area contributed by atoms with E-state index in [1.807, 2.05) is 18.2 Å². The molecule has 0 aromatic heterocycles. The molecule has 1 unspecified atom stereocenters. The molecule has 2 rings (SSSR count). The first-order chi connectivity index (χ1) is 8.56. The molecule has 1 atom stereocenters. The maximum absolute atomic E-state index is 5.98. The second kappa shape index (κ2) is 5.77. The Hall–Kier alpha value is -0.990. The van der Waals surface area contributed by atoms with E-state index in [4.69, 9.17) is 11.6 Å². The first-order valence-electron chi connectivity index (χ1n) is 5.84. The fourth-order valence-electron chi connectivity index (χ4n) is 1.77. The van der Waals surface area contributed by atoms with E-state index >= 15 is 0 Å². The molecule has 2 aromatic carbocycles. The van der Waals surface area contributed by atoms with E-state index in [0.29, 0.717) is 0 Å². The van der Waals surface area contributed by atoms with E-state index in [1.54, 1.807) is 0 Å². The lowest BCUT2D eigenvalue weighted by molar-refractivity contribution is 0.884. The summed E-state index contributed by atoms with van der Waals surface area (Å²) in [5.74, 6) is 0. The summed E-state index contributed by atoms with van der Waals surface area (Å²) in [6.45, 7) is 4.24. The number of aryl methyl sites for hydroxylation is 1. The summed E-state index contributed by atoms with van der Waals surface area (Å²) in [5, 5.41) is 4.18. The highest BCUT2D eigenvalue weighted by Gasteiger charge is 2.06. The van der Waals surface area contributed by atoms with E-state index in [2.05, 4.69) is 59.4 Å². The Morgan fingerprint density at radius 1 is 1.11 bits per heavy atom. The van der Waals surface area contributed by atoms with E-state index in [-0.39, 0.29) is 6.04 Å². The Bertz CT molecular complexity index is 537. The van der Waals surface area contributed by atoms with E-state index < -0.39 is 0 Å². The fourth-order valence-corrected chi connectivity index (χ4v) is 2.27. The summed E-state index contributed by atoms with van der Waals surface area (Å²) in [5.41, 5.74) is 3.60. The molecular formula is C15H15BrClN. The fraction of sp³-hybridized carbons (Fsp3) is 0.200. The molecule has 2 aromatic rings. The van der Waals surface area contributed by atoms with Gasteiger partial charge in [0.05, 0.1) is 5.02 Å². The van der Waals surface area contributed by atoms with Gasteiger partial charge in [-0.3, -0.25) is 0 Å². The Morgan fingerprint density at radius 2 is 1.78 bits per heavy atom. The largest absolute Gasteiger partial charge is 0.378 e. The predicted molar refractivity (Wildman–Crippen MR) is 82.4 cm³/mol.